The SMILES string of the molecule is CO[C@@H](C(=O)O)c1cc2c(c(C)c1OCc1ccccc1)OCO2. The first-order chi connectivity index (χ1) is 11.6. The van der Waals surface area contributed by atoms with Gasteiger partial charge in [0.2, 0.25) is 6.79 Å². The molecule has 0 saturated carbocycles. The predicted octanol–water partition coefficient (Wildman–Crippen LogP) is 3.07. The molecular weight excluding hydrogens is 312 g/mol. The Balaban J connectivity index is 2.00. The molecule has 6 heteroatoms. The van der Waals surface area contributed by atoms with Gasteiger partial charge in [0.1, 0.15) is 12.4 Å². The molecule has 0 unspecified atom stereocenters. The lowest BCUT2D eigenvalue weighted by molar-refractivity contribution is -0.149. The van der Waals surface area contributed by atoms with Crippen molar-refractivity contribution in [2.75, 3.05) is 13.9 Å². The van der Waals surface area contributed by atoms with Crippen LogP contribution in [-0.4, -0.2) is 25.0 Å². The third-order valence-corrected chi connectivity index (χ3v) is 3.84. The fourth-order valence-electron chi connectivity index (χ4n) is 2.69. The Morgan fingerprint density at radius 2 is 2.04 bits per heavy atom. The summed E-state index contributed by atoms with van der Waals surface area (Å²) in [6, 6.07) is 11.2. The number of benzene rings is 2. The van der Waals surface area contributed by atoms with E-state index in [0.717, 1.165) is 5.56 Å². The van der Waals surface area contributed by atoms with Gasteiger partial charge in [-0.2, -0.15) is 0 Å². The number of carbonyl (C=O) groups is 1. The molecule has 1 aliphatic heterocycles. The van der Waals surface area contributed by atoms with Gasteiger partial charge in [0, 0.05) is 18.2 Å². The van der Waals surface area contributed by atoms with Crippen molar-refractivity contribution in [3.8, 4) is 17.2 Å². The van der Waals surface area contributed by atoms with Crippen molar-refractivity contribution in [2.24, 2.45) is 0 Å². The molecule has 1 aliphatic rings. The van der Waals surface area contributed by atoms with Gasteiger partial charge in [-0.1, -0.05) is 30.3 Å². The molecule has 0 saturated heterocycles. The van der Waals surface area contributed by atoms with Gasteiger partial charge in [0.25, 0.3) is 0 Å². The van der Waals surface area contributed by atoms with Crippen molar-refractivity contribution in [2.45, 2.75) is 19.6 Å². The maximum absolute atomic E-state index is 11.5. The van der Waals surface area contributed by atoms with Crippen LogP contribution in [0.5, 0.6) is 17.2 Å². The molecule has 126 valence electrons. The lowest BCUT2D eigenvalue weighted by atomic mass is 10.0. The monoisotopic (exact) mass is 330 g/mol. The van der Waals surface area contributed by atoms with Crippen LogP contribution in [0.15, 0.2) is 36.4 Å². The van der Waals surface area contributed by atoms with Crippen molar-refractivity contribution in [3.63, 3.8) is 0 Å². The first-order valence-corrected chi connectivity index (χ1v) is 7.47. The highest BCUT2D eigenvalue weighted by Gasteiger charge is 2.30. The van der Waals surface area contributed by atoms with E-state index in [0.29, 0.717) is 35.0 Å². The van der Waals surface area contributed by atoms with Crippen molar-refractivity contribution < 1.29 is 28.8 Å². The number of aliphatic carboxylic acids is 1. The summed E-state index contributed by atoms with van der Waals surface area (Å²) < 4.78 is 21.9. The first kappa shape index (κ1) is 16.1. The summed E-state index contributed by atoms with van der Waals surface area (Å²) >= 11 is 0. The van der Waals surface area contributed by atoms with E-state index in [1.165, 1.54) is 7.11 Å². The summed E-state index contributed by atoms with van der Waals surface area (Å²) in [4.78, 5) is 11.5. The van der Waals surface area contributed by atoms with Gasteiger partial charge in [-0.25, -0.2) is 4.79 Å². The van der Waals surface area contributed by atoms with Gasteiger partial charge >= 0.3 is 5.97 Å². The molecule has 0 aliphatic carbocycles. The molecule has 3 rings (SSSR count). The summed E-state index contributed by atoms with van der Waals surface area (Å²) in [6.07, 6.45) is -1.15. The topological polar surface area (TPSA) is 74.2 Å². The summed E-state index contributed by atoms with van der Waals surface area (Å²) in [5.74, 6) is 0.414. The molecule has 0 bridgehead atoms. The number of hydrogen-bond acceptors (Lipinski definition) is 5. The van der Waals surface area contributed by atoms with Crippen LogP contribution in [0.2, 0.25) is 0 Å². The van der Waals surface area contributed by atoms with E-state index in [1.54, 1.807) is 6.07 Å². The maximum atomic E-state index is 11.5. The Morgan fingerprint density at radius 3 is 2.71 bits per heavy atom. The van der Waals surface area contributed by atoms with Gasteiger partial charge in [-0.05, 0) is 18.6 Å². The minimum Gasteiger partial charge on any atom is -0.488 e. The summed E-state index contributed by atoms with van der Waals surface area (Å²) in [7, 11) is 1.35. The molecule has 1 N–H and O–H groups in total. The van der Waals surface area contributed by atoms with E-state index in [-0.39, 0.29) is 6.79 Å². The maximum Gasteiger partial charge on any atom is 0.337 e. The van der Waals surface area contributed by atoms with E-state index in [1.807, 2.05) is 37.3 Å². The lowest BCUT2D eigenvalue weighted by Crippen LogP contribution is -2.15. The van der Waals surface area contributed by atoms with Gasteiger partial charge in [-0.3, -0.25) is 0 Å². The molecule has 1 heterocycles. The lowest BCUT2D eigenvalue weighted by Gasteiger charge is -2.19. The van der Waals surface area contributed by atoms with Crippen LogP contribution in [0.25, 0.3) is 0 Å². The van der Waals surface area contributed by atoms with Gasteiger partial charge in [0.15, 0.2) is 17.6 Å². The molecule has 0 radical (unpaired) electrons. The average molecular weight is 330 g/mol. The van der Waals surface area contributed by atoms with Crippen molar-refractivity contribution >= 4 is 5.97 Å². The van der Waals surface area contributed by atoms with E-state index in [9.17, 15) is 9.90 Å². The molecule has 0 amide bonds. The predicted molar refractivity (Wildman–Crippen MR) is 85.5 cm³/mol. The van der Waals surface area contributed by atoms with Crippen LogP contribution < -0.4 is 14.2 Å². The van der Waals surface area contributed by atoms with Crippen LogP contribution in [0.1, 0.15) is 22.8 Å². The Labute approximate surface area is 139 Å². The molecule has 2 aromatic rings. The number of hydrogen-bond donors (Lipinski definition) is 1. The molecule has 24 heavy (non-hydrogen) atoms. The number of rotatable bonds is 6. The summed E-state index contributed by atoms with van der Waals surface area (Å²) in [5, 5.41) is 9.42. The zero-order valence-corrected chi connectivity index (χ0v) is 13.4. The van der Waals surface area contributed by atoms with E-state index in [2.05, 4.69) is 0 Å². The quantitative estimate of drug-likeness (QED) is 0.877. The van der Waals surface area contributed by atoms with Crippen molar-refractivity contribution in [3.05, 3.63) is 53.1 Å². The highest BCUT2D eigenvalue weighted by molar-refractivity contribution is 5.77. The summed E-state index contributed by atoms with van der Waals surface area (Å²) in [6.45, 7) is 2.22. The zero-order valence-electron chi connectivity index (χ0n) is 13.4. The third-order valence-electron chi connectivity index (χ3n) is 3.84. The Hall–Kier alpha value is -2.73. The Bertz CT molecular complexity index is 741. The van der Waals surface area contributed by atoms with E-state index >= 15 is 0 Å². The molecule has 0 aromatic heterocycles. The van der Waals surface area contributed by atoms with Crippen LogP contribution >= 0.6 is 0 Å². The number of carboxylic acid groups (broad SMARTS) is 1. The minimum atomic E-state index is -1.15. The van der Waals surface area contributed by atoms with Crippen LogP contribution in [-0.2, 0) is 16.1 Å². The van der Waals surface area contributed by atoms with Crippen molar-refractivity contribution in [1.82, 2.24) is 0 Å². The minimum absolute atomic E-state index is 0.0997. The fraction of sp³-hybridized carbons (Fsp3) is 0.278. The molecule has 6 nitrogen and oxygen atoms in total. The third kappa shape index (κ3) is 3.00. The van der Waals surface area contributed by atoms with E-state index < -0.39 is 12.1 Å². The standard InChI is InChI=1S/C18H18O6/c1-11-15(22-9-12-6-4-3-5-7-12)13(17(21-2)18(19)20)8-14-16(11)24-10-23-14/h3-8,17H,9-10H2,1-2H3,(H,19,20)/t17-/m1/s1. The molecule has 0 spiro atoms. The zero-order chi connectivity index (χ0) is 17.1. The number of ether oxygens (including phenoxy) is 4. The fourth-order valence-corrected chi connectivity index (χ4v) is 2.69. The Kier molecular flexibility index (Phi) is 4.57. The second kappa shape index (κ2) is 6.80. The van der Waals surface area contributed by atoms with Crippen LogP contribution in [0.3, 0.4) is 0 Å². The molecule has 0 fully saturated rings. The largest absolute Gasteiger partial charge is 0.488 e. The molecule has 1 atom stereocenters. The smallest absolute Gasteiger partial charge is 0.337 e. The number of fused-ring (bicyclic) bond motifs is 1. The second-order valence-electron chi connectivity index (χ2n) is 5.38. The second-order valence-corrected chi connectivity index (χ2v) is 5.38. The number of carboxylic acids is 1. The van der Waals surface area contributed by atoms with Gasteiger partial charge < -0.3 is 24.1 Å². The summed E-state index contributed by atoms with van der Waals surface area (Å²) in [5.41, 5.74) is 2.08. The van der Waals surface area contributed by atoms with Crippen LogP contribution in [0.4, 0.5) is 0 Å². The normalized spacial score (nSPS) is 13.6. The van der Waals surface area contributed by atoms with Gasteiger partial charge in [0.05, 0.1) is 0 Å². The molecule has 2 aromatic carbocycles. The highest BCUT2D eigenvalue weighted by Crippen LogP contribution is 2.45. The van der Waals surface area contributed by atoms with Gasteiger partial charge in [-0.15, -0.1) is 0 Å². The van der Waals surface area contributed by atoms with E-state index in [4.69, 9.17) is 18.9 Å². The highest BCUT2D eigenvalue weighted by atomic mass is 16.7. The first-order valence-electron chi connectivity index (χ1n) is 7.47. The Morgan fingerprint density at radius 1 is 1.29 bits per heavy atom. The number of methoxy groups -OCH3 is 1. The van der Waals surface area contributed by atoms with Crippen molar-refractivity contribution in [1.29, 1.82) is 0 Å². The average Bonchev–Trinajstić information content (AvgIpc) is 3.04. The van der Waals surface area contributed by atoms with Crippen LogP contribution in [0, 0.1) is 6.92 Å². The molecular formula is C18H18O6.